The molecular weight excluding hydrogens is 362 g/mol. The highest BCUT2D eigenvalue weighted by Gasteiger charge is 2.07. The molecule has 3 rings (SSSR count). The van der Waals surface area contributed by atoms with E-state index in [4.69, 9.17) is 10.1 Å². The van der Waals surface area contributed by atoms with E-state index in [0.717, 1.165) is 47.7 Å². The molecule has 0 amide bonds. The van der Waals surface area contributed by atoms with E-state index in [-0.39, 0.29) is 5.56 Å². The van der Waals surface area contributed by atoms with Gasteiger partial charge < -0.3 is 10.1 Å². The SMILES string of the molecule is CC[C@@H](C)C(=N)CCCOc1ccc(-c2ccc(=O)n(-c3ccccc3)n2)cc1. The van der Waals surface area contributed by atoms with E-state index >= 15 is 0 Å². The lowest BCUT2D eigenvalue weighted by atomic mass is 9.99. The van der Waals surface area contributed by atoms with E-state index in [1.807, 2.05) is 54.6 Å². The van der Waals surface area contributed by atoms with Gasteiger partial charge in [-0.3, -0.25) is 4.79 Å². The van der Waals surface area contributed by atoms with Crippen LogP contribution >= 0.6 is 0 Å². The van der Waals surface area contributed by atoms with Crippen LogP contribution in [0, 0.1) is 11.3 Å². The summed E-state index contributed by atoms with van der Waals surface area (Å²) in [6.45, 7) is 4.80. The quantitative estimate of drug-likeness (QED) is 0.408. The van der Waals surface area contributed by atoms with Crippen molar-refractivity contribution in [1.82, 2.24) is 9.78 Å². The molecule has 0 spiro atoms. The first-order valence-electron chi connectivity index (χ1n) is 10.0. The molecule has 0 bridgehead atoms. The van der Waals surface area contributed by atoms with Gasteiger partial charge in [-0.15, -0.1) is 0 Å². The van der Waals surface area contributed by atoms with Crippen LogP contribution in [0.4, 0.5) is 0 Å². The van der Waals surface area contributed by atoms with Crippen LogP contribution in [0.3, 0.4) is 0 Å². The molecule has 1 aromatic heterocycles. The zero-order valence-electron chi connectivity index (χ0n) is 17.0. The van der Waals surface area contributed by atoms with Gasteiger partial charge in [0.15, 0.2) is 0 Å². The second kappa shape index (κ2) is 9.82. The van der Waals surface area contributed by atoms with Crippen molar-refractivity contribution in [2.24, 2.45) is 5.92 Å². The Morgan fingerprint density at radius 3 is 2.48 bits per heavy atom. The smallest absolute Gasteiger partial charge is 0.271 e. The lowest BCUT2D eigenvalue weighted by Gasteiger charge is -2.11. The van der Waals surface area contributed by atoms with E-state index in [9.17, 15) is 4.79 Å². The fourth-order valence-corrected chi connectivity index (χ4v) is 2.99. The van der Waals surface area contributed by atoms with E-state index in [2.05, 4.69) is 18.9 Å². The molecule has 1 heterocycles. The van der Waals surface area contributed by atoms with Crippen molar-refractivity contribution in [3.63, 3.8) is 0 Å². The molecule has 5 nitrogen and oxygen atoms in total. The van der Waals surface area contributed by atoms with E-state index in [1.54, 1.807) is 6.07 Å². The molecular formula is C24H27N3O2. The fraction of sp³-hybridized carbons (Fsp3) is 0.292. The monoisotopic (exact) mass is 389 g/mol. The molecule has 150 valence electrons. The molecule has 0 fully saturated rings. The fourth-order valence-electron chi connectivity index (χ4n) is 2.99. The Kier molecular flexibility index (Phi) is 6.95. The largest absolute Gasteiger partial charge is 0.494 e. The number of hydrogen-bond acceptors (Lipinski definition) is 4. The number of hydrogen-bond donors (Lipinski definition) is 1. The van der Waals surface area contributed by atoms with Gasteiger partial charge in [0, 0.05) is 17.3 Å². The molecule has 1 atom stereocenters. The van der Waals surface area contributed by atoms with Crippen LogP contribution in [0.25, 0.3) is 16.9 Å². The first kappa shape index (κ1) is 20.5. The number of aromatic nitrogens is 2. The van der Waals surface area contributed by atoms with Gasteiger partial charge in [-0.05, 0) is 67.6 Å². The highest BCUT2D eigenvalue weighted by molar-refractivity contribution is 5.83. The molecule has 0 saturated heterocycles. The number of ether oxygens (including phenoxy) is 1. The summed E-state index contributed by atoms with van der Waals surface area (Å²) in [6.07, 6.45) is 2.62. The van der Waals surface area contributed by atoms with Gasteiger partial charge in [0.2, 0.25) is 0 Å². The van der Waals surface area contributed by atoms with Crippen LogP contribution < -0.4 is 10.3 Å². The molecule has 0 aliphatic rings. The van der Waals surface area contributed by atoms with Crippen molar-refractivity contribution >= 4 is 5.71 Å². The van der Waals surface area contributed by atoms with Crippen molar-refractivity contribution in [2.75, 3.05) is 6.61 Å². The topological polar surface area (TPSA) is 68.0 Å². The summed E-state index contributed by atoms with van der Waals surface area (Å²) in [6, 6.07) is 20.4. The number of nitrogens with one attached hydrogen (secondary N) is 1. The molecule has 0 aliphatic heterocycles. The lowest BCUT2D eigenvalue weighted by Crippen LogP contribution is -2.20. The first-order valence-corrected chi connectivity index (χ1v) is 10.0. The Morgan fingerprint density at radius 2 is 1.79 bits per heavy atom. The van der Waals surface area contributed by atoms with Crippen LogP contribution in [-0.4, -0.2) is 22.1 Å². The number of rotatable bonds is 9. The Morgan fingerprint density at radius 1 is 1.07 bits per heavy atom. The normalized spacial score (nSPS) is 11.8. The van der Waals surface area contributed by atoms with Crippen LogP contribution in [0.1, 0.15) is 33.1 Å². The Balaban J connectivity index is 1.63. The second-order valence-electron chi connectivity index (χ2n) is 7.12. The van der Waals surface area contributed by atoms with Gasteiger partial charge >= 0.3 is 0 Å². The maximum absolute atomic E-state index is 12.2. The third-order valence-electron chi connectivity index (χ3n) is 5.02. The highest BCUT2D eigenvalue weighted by Crippen LogP contribution is 2.21. The maximum atomic E-state index is 12.2. The molecule has 0 unspecified atom stereocenters. The van der Waals surface area contributed by atoms with Gasteiger partial charge in [-0.1, -0.05) is 32.0 Å². The number of para-hydroxylation sites is 1. The predicted octanol–water partition coefficient (Wildman–Crippen LogP) is 5.12. The summed E-state index contributed by atoms with van der Waals surface area (Å²) in [5.74, 6) is 1.14. The number of nitrogens with zero attached hydrogens (tertiary/aromatic N) is 2. The van der Waals surface area contributed by atoms with Crippen molar-refractivity contribution in [2.45, 2.75) is 33.1 Å². The summed E-state index contributed by atoms with van der Waals surface area (Å²) < 4.78 is 7.21. The average Bonchev–Trinajstić information content (AvgIpc) is 2.77. The molecule has 2 aromatic carbocycles. The maximum Gasteiger partial charge on any atom is 0.271 e. The first-order chi connectivity index (χ1) is 14.1. The van der Waals surface area contributed by atoms with E-state index in [0.29, 0.717) is 12.5 Å². The highest BCUT2D eigenvalue weighted by atomic mass is 16.5. The summed E-state index contributed by atoms with van der Waals surface area (Å²) >= 11 is 0. The van der Waals surface area contributed by atoms with Crippen LogP contribution in [-0.2, 0) is 0 Å². The van der Waals surface area contributed by atoms with E-state index in [1.165, 1.54) is 10.7 Å². The molecule has 0 saturated carbocycles. The lowest BCUT2D eigenvalue weighted by molar-refractivity contribution is 0.313. The zero-order chi connectivity index (χ0) is 20.6. The standard InChI is InChI=1S/C24H27N3O2/c1-3-18(2)22(25)10-7-17-29-21-13-11-19(12-14-21)23-15-16-24(28)27(26-23)20-8-5-4-6-9-20/h4-6,8-9,11-16,18,25H,3,7,10,17H2,1-2H3/t18-/m1/s1. The Hall–Kier alpha value is -3.21. The minimum absolute atomic E-state index is 0.164. The third-order valence-corrected chi connectivity index (χ3v) is 5.02. The summed E-state index contributed by atoms with van der Waals surface area (Å²) in [5.41, 5.74) is 3.01. The van der Waals surface area contributed by atoms with Crippen molar-refractivity contribution in [1.29, 1.82) is 5.41 Å². The van der Waals surface area contributed by atoms with Crippen LogP contribution in [0.5, 0.6) is 5.75 Å². The van der Waals surface area contributed by atoms with Gasteiger partial charge in [0.25, 0.3) is 5.56 Å². The molecule has 1 N–H and O–H groups in total. The van der Waals surface area contributed by atoms with Crippen molar-refractivity contribution < 1.29 is 4.74 Å². The molecule has 0 radical (unpaired) electrons. The minimum Gasteiger partial charge on any atom is -0.494 e. The predicted molar refractivity (Wildman–Crippen MR) is 117 cm³/mol. The Bertz CT molecular complexity index is 995. The second-order valence-corrected chi connectivity index (χ2v) is 7.12. The summed E-state index contributed by atoms with van der Waals surface area (Å²) in [7, 11) is 0. The number of benzene rings is 2. The van der Waals surface area contributed by atoms with Crippen molar-refractivity contribution in [3.05, 3.63) is 77.1 Å². The Labute approximate surface area is 171 Å². The summed E-state index contributed by atoms with van der Waals surface area (Å²) in [4.78, 5) is 12.2. The van der Waals surface area contributed by atoms with E-state index < -0.39 is 0 Å². The van der Waals surface area contributed by atoms with Crippen molar-refractivity contribution in [3.8, 4) is 22.7 Å². The van der Waals surface area contributed by atoms with Gasteiger partial charge in [-0.25, -0.2) is 0 Å². The minimum atomic E-state index is -0.164. The zero-order valence-corrected chi connectivity index (χ0v) is 17.0. The van der Waals surface area contributed by atoms with Crippen LogP contribution in [0.2, 0.25) is 0 Å². The molecule has 0 aliphatic carbocycles. The molecule has 29 heavy (non-hydrogen) atoms. The van der Waals surface area contributed by atoms with Gasteiger partial charge in [0.05, 0.1) is 18.0 Å². The average molecular weight is 389 g/mol. The molecule has 5 heteroatoms. The molecule has 3 aromatic rings. The van der Waals surface area contributed by atoms with Gasteiger partial charge in [0.1, 0.15) is 5.75 Å². The third kappa shape index (κ3) is 5.41. The van der Waals surface area contributed by atoms with Crippen LogP contribution in [0.15, 0.2) is 71.5 Å². The van der Waals surface area contributed by atoms with Gasteiger partial charge in [-0.2, -0.15) is 9.78 Å². The summed E-state index contributed by atoms with van der Waals surface area (Å²) in [5, 5.41) is 12.5.